The average Bonchev–Trinajstić information content (AvgIpc) is 2.28. The Balaban J connectivity index is 3.03. The van der Waals surface area contributed by atoms with Crippen LogP contribution in [0.1, 0.15) is 20.3 Å². The van der Waals surface area contributed by atoms with Crippen molar-refractivity contribution in [2.24, 2.45) is 5.73 Å². The molecule has 0 aliphatic carbocycles. The average molecular weight is 314 g/mol. The highest BCUT2D eigenvalue weighted by Crippen LogP contribution is 2.28. The predicted octanol–water partition coefficient (Wildman–Crippen LogP) is 2.58. The molecule has 0 spiro atoms. The highest BCUT2D eigenvalue weighted by molar-refractivity contribution is 9.10. The molecule has 0 bridgehead atoms. The standard InChI is InChI=1S/C13H20BrN3O/c1-5-13(2,15)12(18)16-10-8-9(14)6-7-11(10)17(3)4/h6-8H,5,15H2,1-4H3,(H,16,18). The third kappa shape index (κ3) is 3.46. The van der Waals surface area contributed by atoms with Gasteiger partial charge in [0.25, 0.3) is 0 Å². The number of hydrogen-bond acceptors (Lipinski definition) is 3. The molecule has 1 rings (SSSR count). The normalized spacial score (nSPS) is 13.9. The van der Waals surface area contributed by atoms with Crippen molar-refractivity contribution in [2.45, 2.75) is 25.8 Å². The fraction of sp³-hybridized carbons (Fsp3) is 0.462. The van der Waals surface area contributed by atoms with Gasteiger partial charge in [0.15, 0.2) is 0 Å². The minimum atomic E-state index is -0.855. The number of anilines is 2. The van der Waals surface area contributed by atoms with Gasteiger partial charge in [0, 0.05) is 18.6 Å². The topological polar surface area (TPSA) is 58.4 Å². The minimum Gasteiger partial charge on any atom is -0.376 e. The zero-order valence-electron chi connectivity index (χ0n) is 11.2. The first-order valence-electron chi connectivity index (χ1n) is 5.85. The molecule has 0 saturated heterocycles. The van der Waals surface area contributed by atoms with Gasteiger partial charge in [-0.05, 0) is 31.5 Å². The van der Waals surface area contributed by atoms with Gasteiger partial charge in [-0.1, -0.05) is 22.9 Å². The molecule has 0 radical (unpaired) electrons. The lowest BCUT2D eigenvalue weighted by atomic mass is 9.99. The van der Waals surface area contributed by atoms with E-state index in [2.05, 4.69) is 21.2 Å². The first-order chi connectivity index (χ1) is 8.27. The number of amides is 1. The molecule has 1 aromatic rings. The van der Waals surface area contributed by atoms with E-state index in [1.165, 1.54) is 0 Å². The molecule has 0 aromatic heterocycles. The molecule has 0 aliphatic rings. The van der Waals surface area contributed by atoms with Gasteiger partial charge in [-0.3, -0.25) is 4.79 Å². The lowest BCUT2D eigenvalue weighted by molar-refractivity contribution is -0.120. The first kappa shape index (κ1) is 15.0. The van der Waals surface area contributed by atoms with Gasteiger partial charge < -0.3 is 16.0 Å². The molecule has 1 aromatic carbocycles. The number of carbonyl (C=O) groups excluding carboxylic acids is 1. The molecule has 0 fully saturated rings. The number of rotatable bonds is 4. The van der Waals surface area contributed by atoms with Crippen LogP contribution in [0.2, 0.25) is 0 Å². The quantitative estimate of drug-likeness (QED) is 0.898. The van der Waals surface area contributed by atoms with Crippen LogP contribution in [0.25, 0.3) is 0 Å². The fourth-order valence-corrected chi connectivity index (χ4v) is 1.79. The molecule has 0 saturated carbocycles. The first-order valence-corrected chi connectivity index (χ1v) is 6.64. The molecule has 0 heterocycles. The van der Waals surface area contributed by atoms with Crippen LogP contribution in [0.4, 0.5) is 11.4 Å². The van der Waals surface area contributed by atoms with E-state index in [0.29, 0.717) is 6.42 Å². The number of nitrogens with zero attached hydrogens (tertiary/aromatic N) is 1. The molecule has 0 aliphatic heterocycles. The van der Waals surface area contributed by atoms with Gasteiger partial charge in [0.1, 0.15) is 0 Å². The number of nitrogens with one attached hydrogen (secondary N) is 1. The second-order valence-corrected chi connectivity index (χ2v) is 5.70. The van der Waals surface area contributed by atoms with Gasteiger partial charge in [0.05, 0.1) is 16.9 Å². The van der Waals surface area contributed by atoms with E-state index in [0.717, 1.165) is 15.8 Å². The van der Waals surface area contributed by atoms with Crippen LogP contribution >= 0.6 is 15.9 Å². The molecule has 100 valence electrons. The Hall–Kier alpha value is -1.07. The van der Waals surface area contributed by atoms with Gasteiger partial charge in [-0.25, -0.2) is 0 Å². The van der Waals surface area contributed by atoms with Crippen LogP contribution in [0.5, 0.6) is 0 Å². The van der Waals surface area contributed by atoms with Crippen LogP contribution in [0.3, 0.4) is 0 Å². The lowest BCUT2D eigenvalue weighted by Crippen LogP contribution is -2.47. The number of benzene rings is 1. The molecular formula is C13H20BrN3O. The Bertz CT molecular complexity index is 444. The van der Waals surface area contributed by atoms with Crippen molar-refractivity contribution >= 4 is 33.2 Å². The Labute approximate surface area is 117 Å². The summed E-state index contributed by atoms with van der Waals surface area (Å²) in [5.41, 5.74) is 6.78. The molecule has 1 unspecified atom stereocenters. The third-order valence-corrected chi connectivity index (χ3v) is 3.44. The Morgan fingerprint density at radius 3 is 2.61 bits per heavy atom. The number of carbonyl (C=O) groups is 1. The summed E-state index contributed by atoms with van der Waals surface area (Å²) < 4.78 is 0.915. The maximum absolute atomic E-state index is 12.1. The van der Waals surface area contributed by atoms with Gasteiger partial charge >= 0.3 is 0 Å². The van der Waals surface area contributed by atoms with Crippen LogP contribution in [-0.4, -0.2) is 25.5 Å². The van der Waals surface area contributed by atoms with E-state index in [9.17, 15) is 4.79 Å². The van der Waals surface area contributed by atoms with Crippen molar-refractivity contribution < 1.29 is 4.79 Å². The number of halogens is 1. The lowest BCUT2D eigenvalue weighted by Gasteiger charge is -2.24. The summed E-state index contributed by atoms with van der Waals surface area (Å²) in [6, 6.07) is 5.75. The number of hydrogen-bond donors (Lipinski definition) is 2. The van der Waals surface area contributed by atoms with Crippen molar-refractivity contribution in [3.05, 3.63) is 22.7 Å². The molecule has 1 atom stereocenters. The van der Waals surface area contributed by atoms with Gasteiger partial charge in [0.2, 0.25) is 5.91 Å². The van der Waals surface area contributed by atoms with Gasteiger partial charge in [-0.15, -0.1) is 0 Å². The van der Waals surface area contributed by atoms with Crippen LogP contribution in [0.15, 0.2) is 22.7 Å². The summed E-state index contributed by atoms with van der Waals surface area (Å²) in [6.45, 7) is 3.63. The summed E-state index contributed by atoms with van der Waals surface area (Å²) in [6.07, 6.45) is 0.587. The van der Waals surface area contributed by atoms with E-state index < -0.39 is 5.54 Å². The molecule has 3 N–H and O–H groups in total. The second-order valence-electron chi connectivity index (χ2n) is 4.78. The van der Waals surface area contributed by atoms with Crippen LogP contribution < -0.4 is 16.0 Å². The second kappa shape index (κ2) is 5.71. The maximum Gasteiger partial charge on any atom is 0.244 e. The van der Waals surface area contributed by atoms with Crippen molar-refractivity contribution in [3.8, 4) is 0 Å². The van der Waals surface area contributed by atoms with Crippen LogP contribution in [0, 0.1) is 0 Å². The highest BCUT2D eigenvalue weighted by Gasteiger charge is 2.26. The fourth-order valence-electron chi connectivity index (χ4n) is 1.42. The summed E-state index contributed by atoms with van der Waals surface area (Å²) >= 11 is 3.40. The summed E-state index contributed by atoms with van der Waals surface area (Å²) in [5, 5.41) is 2.89. The molecule has 5 heteroatoms. The maximum atomic E-state index is 12.1. The van der Waals surface area contributed by atoms with E-state index in [4.69, 9.17) is 5.73 Å². The largest absolute Gasteiger partial charge is 0.376 e. The van der Waals surface area contributed by atoms with Crippen molar-refractivity contribution in [1.29, 1.82) is 0 Å². The van der Waals surface area contributed by atoms with Crippen molar-refractivity contribution in [3.63, 3.8) is 0 Å². The van der Waals surface area contributed by atoms with Crippen molar-refractivity contribution in [2.75, 3.05) is 24.3 Å². The zero-order valence-corrected chi connectivity index (χ0v) is 12.8. The van der Waals surface area contributed by atoms with E-state index in [1.54, 1.807) is 6.92 Å². The molecular weight excluding hydrogens is 294 g/mol. The monoisotopic (exact) mass is 313 g/mol. The van der Waals surface area contributed by atoms with E-state index in [-0.39, 0.29) is 5.91 Å². The third-order valence-electron chi connectivity index (χ3n) is 2.94. The Morgan fingerprint density at radius 2 is 2.11 bits per heavy atom. The predicted molar refractivity (Wildman–Crippen MR) is 80.0 cm³/mol. The Kier molecular flexibility index (Phi) is 4.76. The molecule has 18 heavy (non-hydrogen) atoms. The van der Waals surface area contributed by atoms with Crippen molar-refractivity contribution in [1.82, 2.24) is 0 Å². The molecule has 4 nitrogen and oxygen atoms in total. The SMILES string of the molecule is CCC(C)(N)C(=O)Nc1cc(Br)ccc1N(C)C. The van der Waals surface area contributed by atoms with E-state index in [1.807, 2.05) is 44.1 Å². The zero-order chi connectivity index (χ0) is 13.9. The number of nitrogens with two attached hydrogens (primary N) is 1. The smallest absolute Gasteiger partial charge is 0.244 e. The summed E-state index contributed by atoms with van der Waals surface area (Å²) in [5.74, 6) is -0.175. The molecule has 1 amide bonds. The van der Waals surface area contributed by atoms with Gasteiger partial charge in [-0.2, -0.15) is 0 Å². The highest BCUT2D eigenvalue weighted by atomic mass is 79.9. The van der Waals surface area contributed by atoms with E-state index >= 15 is 0 Å². The van der Waals surface area contributed by atoms with Crippen LogP contribution in [-0.2, 0) is 4.79 Å². The Morgan fingerprint density at radius 1 is 1.50 bits per heavy atom. The minimum absolute atomic E-state index is 0.175. The summed E-state index contributed by atoms with van der Waals surface area (Å²) in [7, 11) is 3.86. The summed E-state index contributed by atoms with van der Waals surface area (Å²) in [4.78, 5) is 14.0.